The Hall–Kier alpha value is -2.85. The Morgan fingerprint density at radius 1 is 0.400 bits per heavy atom. The summed E-state index contributed by atoms with van der Waals surface area (Å²) < 4.78 is 22.3. The van der Waals surface area contributed by atoms with Crippen LogP contribution in [0.25, 0.3) is 0 Å². The van der Waals surface area contributed by atoms with Crippen LogP contribution in [0.3, 0.4) is 0 Å². The van der Waals surface area contributed by atoms with Crippen molar-refractivity contribution in [2.24, 2.45) is 0 Å². The van der Waals surface area contributed by atoms with E-state index in [4.69, 9.17) is 25.5 Å². The van der Waals surface area contributed by atoms with E-state index in [1.165, 1.54) is 0 Å². The summed E-state index contributed by atoms with van der Waals surface area (Å²) in [7, 11) is 0. The Labute approximate surface area is 167 Å². The molecule has 5 N–H and O–H groups in total. The van der Waals surface area contributed by atoms with Gasteiger partial charge in [0.15, 0.2) is 0 Å². The molecule has 2 aliphatic rings. The van der Waals surface area contributed by atoms with Crippen LogP contribution in [-0.4, -0.2) is 119 Å². The summed E-state index contributed by atoms with van der Waals surface area (Å²) >= 11 is 0. The van der Waals surface area contributed by atoms with E-state index in [9.17, 15) is 24.0 Å². The third-order valence-corrected chi connectivity index (χ3v) is 3.44. The first-order valence-electron chi connectivity index (χ1n) is 8.29. The maximum absolute atomic E-state index is 11.4. The summed E-state index contributed by atoms with van der Waals surface area (Å²) in [6, 6.07) is 0. The Kier molecular flexibility index (Phi) is 10.1. The molecule has 0 bridgehead atoms. The SMILES string of the molecule is O=C1OC(CO)C(=O)OC(CO)C(=O)OC1CO.O=C1OC(CO)C(=O)OC1CO. The lowest BCUT2D eigenvalue weighted by Crippen LogP contribution is -2.47. The van der Waals surface area contributed by atoms with Crippen LogP contribution in [0, 0.1) is 0 Å². The third kappa shape index (κ3) is 6.60. The van der Waals surface area contributed by atoms with Crippen LogP contribution in [0.1, 0.15) is 0 Å². The quantitative estimate of drug-likeness (QED) is 0.198. The van der Waals surface area contributed by atoms with Gasteiger partial charge in [0.2, 0.25) is 30.5 Å². The number of aliphatic hydroxyl groups is 5. The lowest BCUT2D eigenvalue weighted by atomic mass is 10.3. The molecule has 0 aromatic carbocycles. The minimum Gasteiger partial charge on any atom is -0.445 e. The minimum atomic E-state index is -1.64. The number of esters is 5. The molecule has 30 heavy (non-hydrogen) atoms. The van der Waals surface area contributed by atoms with Crippen molar-refractivity contribution in [3.05, 3.63) is 0 Å². The molecule has 0 saturated carbocycles. The number of rotatable bonds is 5. The summed E-state index contributed by atoms with van der Waals surface area (Å²) in [5.74, 6) is -5.26. The molecule has 2 aliphatic heterocycles. The maximum atomic E-state index is 11.4. The highest BCUT2D eigenvalue weighted by atomic mass is 16.7. The standard InChI is InChI=1S/C9H12O9.C6H8O6/c10-1-4-7(13)17-6(3-12)9(15)18-5(2-11)8(14)16-4;7-1-3-5(9)12-4(2-8)6(10)11-3/h4-6,10-12H,1-3H2;3-4,7-8H,1-2H2. The number of carbonyl (C=O) groups is 5. The van der Waals surface area contributed by atoms with Crippen LogP contribution in [-0.2, 0) is 47.7 Å². The lowest BCUT2D eigenvalue weighted by Gasteiger charge is -2.24. The second kappa shape index (κ2) is 12.0. The number of aliphatic hydroxyl groups excluding tert-OH is 5. The van der Waals surface area contributed by atoms with Crippen molar-refractivity contribution in [3.8, 4) is 0 Å². The molecule has 0 aliphatic carbocycles. The van der Waals surface area contributed by atoms with Crippen LogP contribution in [0.15, 0.2) is 0 Å². The van der Waals surface area contributed by atoms with Gasteiger partial charge in [-0.15, -0.1) is 0 Å². The van der Waals surface area contributed by atoms with Crippen molar-refractivity contribution < 1.29 is 73.2 Å². The number of hydrogen-bond donors (Lipinski definition) is 5. The number of hydrogen-bond acceptors (Lipinski definition) is 15. The third-order valence-electron chi connectivity index (χ3n) is 3.44. The predicted molar refractivity (Wildman–Crippen MR) is 84.8 cm³/mol. The Morgan fingerprint density at radius 2 is 0.533 bits per heavy atom. The largest absolute Gasteiger partial charge is 0.445 e. The average molecular weight is 440 g/mol. The highest BCUT2D eigenvalue weighted by Crippen LogP contribution is 2.10. The number of carbonyl (C=O) groups excluding carboxylic acids is 5. The van der Waals surface area contributed by atoms with Crippen LogP contribution >= 0.6 is 0 Å². The van der Waals surface area contributed by atoms with Gasteiger partial charge in [0.1, 0.15) is 0 Å². The molecule has 2 heterocycles. The molecule has 0 aromatic heterocycles. The fourth-order valence-electron chi connectivity index (χ4n) is 1.88. The van der Waals surface area contributed by atoms with Gasteiger partial charge in [-0.1, -0.05) is 0 Å². The van der Waals surface area contributed by atoms with Crippen LogP contribution in [0.4, 0.5) is 0 Å². The van der Waals surface area contributed by atoms with E-state index in [1.807, 2.05) is 0 Å². The second-order valence-electron chi connectivity index (χ2n) is 5.54. The first-order valence-corrected chi connectivity index (χ1v) is 8.29. The molecule has 2 saturated heterocycles. The minimum absolute atomic E-state index is 0.608. The molecular formula is C15H20O15. The van der Waals surface area contributed by atoms with Gasteiger partial charge in [-0.3, -0.25) is 0 Å². The summed E-state index contributed by atoms with van der Waals surface area (Å²) in [5, 5.41) is 43.5. The van der Waals surface area contributed by atoms with E-state index in [1.54, 1.807) is 0 Å². The fraction of sp³-hybridized carbons (Fsp3) is 0.667. The van der Waals surface area contributed by atoms with Gasteiger partial charge in [-0.25, -0.2) is 24.0 Å². The molecule has 5 unspecified atom stereocenters. The molecule has 2 rings (SSSR count). The first-order chi connectivity index (χ1) is 14.2. The first kappa shape index (κ1) is 25.2. The molecule has 0 amide bonds. The van der Waals surface area contributed by atoms with Gasteiger partial charge in [0.25, 0.3) is 0 Å². The zero-order chi connectivity index (χ0) is 22.8. The molecule has 0 radical (unpaired) electrons. The summed E-state index contributed by atoms with van der Waals surface area (Å²) in [6.45, 7) is -3.81. The van der Waals surface area contributed by atoms with Gasteiger partial charge < -0.3 is 49.2 Å². The zero-order valence-corrected chi connectivity index (χ0v) is 15.2. The van der Waals surface area contributed by atoms with E-state index in [2.05, 4.69) is 23.7 Å². The summed E-state index contributed by atoms with van der Waals surface area (Å²) in [4.78, 5) is 55.6. The molecule has 0 spiro atoms. The average Bonchev–Trinajstić information content (AvgIpc) is 2.78. The van der Waals surface area contributed by atoms with Gasteiger partial charge >= 0.3 is 29.8 Å². The molecule has 2 fully saturated rings. The van der Waals surface area contributed by atoms with Gasteiger partial charge in [0, 0.05) is 0 Å². The highest BCUT2D eigenvalue weighted by Gasteiger charge is 2.38. The summed E-state index contributed by atoms with van der Waals surface area (Å²) in [5.41, 5.74) is 0. The molecule has 170 valence electrons. The predicted octanol–water partition coefficient (Wildman–Crippen LogP) is -5.48. The van der Waals surface area contributed by atoms with Gasteiger partial charge in [-0.05, 0) is 0 Å². The van der Waals surface area contributed by atoms with Crippen molar-refractivity contribution in [2.75, 3.05) is 33.0 Å². The fourth-order valence-corrected chi connectivity index (χ4v) is 1.88. The van der Waals surface area contributed by atoms with Gasteiger partial charge in [0.05, 0.1) is 33.0 Å². The number of ether oxygens (including phenoxy) is 5. The van der Waals surface area contributed by atoms with E-state index in [-0.39, 0.29) is 0 Å². The normalized spacial score (nSPS) is 29.5. The van der Waals surface area contributed by atoms with Crippen molar-refractivity contribution in [2.45, 2.75) is 30.5 Å². The molecule has 15 nitrogen and oxygen atoms in total. The molecule has 0 aromatic rings. The van der Waals surface area contributed by atoms with Gasteiger partial charge in [-0.2, -0.15) is 0 Å². The van der Waals surface area contributed by atoms with E-state index in [0.717, 1.165) is 0 Å². The molecule has 5 atom stereocenters. The Bertz CT molecular complexity index is 572. The molecular weight excluding hydrogens is 420 g/mol. The summed E-state index contributed by atoms with van der Waals surface area (Å²) in [6.07, 6.45) is -7.43. The van der Waals surface area contributed by atoms with E-state index < -0.39 is 93.4 Å². The smallest absolute Gasteiger partial charge is 0.350 e. The lowest BCUT2D eigenvalue weighted by molar-refractivity contribution is -0.200. The van der Waals surface area contributed by atoms with E-state index in [0.29, 0.717) is 0 Å². The zero-order valence-electron chi connectivity index (χ0n) is 15.2. The van der Waals surface area contributed by atoms with Crippen LogP contribution in [0.5, 0.6) is 0 Å². The van der Waals surface area contributed by atoms with Crippen molar-refractivity contribution >= 4 is 29.8 Å². The van der Waals surface area contributed by atoms with E-state index >= 15 is 0 Å². The highest BCUT2D eigenvalue weighted by molar-refractivity contribution is 5.88. The van der Waals surface area contributed by atoms with Crippen LogP contribution in [0.2, 0.25) is 0 Å². The molecule has 15 heteroatoms. The van der Waals surface area contributed by atoms with Crippen LogP contribution < -0.4 is 0 Å². The van der Waals surface area contributed by atoms with Crippen molar-refractivity contribution in [3.63, 3.8) is 0 Å². The second-order valence-corrected chi connectivity index (χ2v) is 5.54. The van der Waals surface area contributed by atoms with Crippen molar-refractivity contribution in [1.82, 2.24) is 0 Å². The monoisotopic (exact) mass is 440 g/mol. The topological polar surface area (TPSA) is 233 Å². The Morgan fingerprint density at radius 3 is 0.633 bits per heavy atom. The van der Waals surface area contributed by atoms with Crippen molar-refractivity contribution in [1.29, 1.82) is 0 Å². The Balaban J connectivity index is 0.000000325. The maximum Gasteiger partial charge on any atom is 0.350 e. The number of cyclic esters (lactones) is 5.